The van der Waals surface area contributed by atoms with Crippen LogP contribution in [0.3, 0.4) is 0 Å². The third-order valence-electron chi connectivity index (χ3n) is 4.12. The number of ketones is 1. The summed E-state index contributed by atoms with van der Waals surface area (Å²) in [7, 11) is 3.27. The number of hydrogen-bond donors (Lipinski definition) is 1. The molecule has 2 aromatic rings. The number of aromatic nitrogens is 2. The topological polar surface area (TPSA) is 76.5 Å². The third kappa shape index (κ3) is 4.67. The number of carbonyl (C=O) groups is 1. The summed E-state index contributed by atoms with van der Waals surface area (Å²) >= 11 is 0. The molecule has 0 saturated carbocycles. The largest absolute Gasteiger partial charge is 0.497 e. The highest BCUT2D eigenvalue weighted by Gasteiger charge is 2.18. The molecule has 0 atom stereocenters. The Hall–Kier alpha value is -3.27. The van der Waals surface area contributed by atoms with Crippen molar-refractivity contribution in [3.05, 3.63) is 46.4 Å². The molecule has 142 valence electrons. The van der Waals surface area contributed by atoms with Gasteiger partial charge in [-0.25, -0.2) is 4.68 Å². The molecule has 1 aromatic heterocycles. The Balaban J connectivity index is 2.39. The van der Waals surface area contributed by atoms with Crippen molar-refractivity contribution in [2.24, 2.45) is 0 Å². The number of nitrogens with one attached hydrogen (secondary N) is 1. The van der Waals surface area contributed by atoms with Crippen molar-refractivity contribution >= 4 is 17.2 Å². The van der Waals surface area contributed by atoms with Crippen molar-refractivity contribution in [3.8, 4) is 17.6 Å². The molecule has 0 saturated heterocycles. The maximum Gasteiger partial charge on any atom is 0.292 e. The zero-order chi connectivity index (χ0) is 19.8. The summed E-state index contributed by atoms with van der Waals surface area (Å²) in [5, 5.41) is 7.13. The number of methoxy groups -OCH3 is 1. The summed E-state index contributed by atoms with van der Waals surface area (Å²) in [5.74, 6) is 6.18. The van der Waals surface area contributed by atoms with Crippen LogP contribution >= 0.6 is 0 Å². The monoisotopic (exact) mass is 368 g/mol. The van der Waals surface area contributed by atoms with E-state index in [2.05, 4.69) is 22.3 Å². The van der Waals surface area contributed by atoms with Crippen LogP contribution in [0.4, 0.5) is 11.4 Å². The zero-order valence-corrected chi connectivity index (χ0v) is 16.1. The first kappa shape index (κ1) is 20.0. The fraction of sp³-hybridized carbons (Fsp3) is 0.350. The number of anilines is 2. The van der Waals surface area contributed by atoms with Crippen LogP contribution in [-0.4, -0.2) is 42.8 Å². The van der Waals surface area contributed by atoms with Crippen LogP contribution in [-0.2, 0) is 6.54 Å². The fourth-order valence-corrected chi connectivity index (χ4v) is 2.63. The predicted molar refractivity (Wildman–Crippen MR) is 107 cm³/mol. The first-order chi connectivity index (χ1) is 13.0. The van der Waals surface area contributed by atoms with Gasteiger partial charge >= 0.3 is 0 Å². The molecule has 0 bridgehead atoms. The van der Waals surface area contributed by atoms with E-state index in [1.807, 2.05) is 11.8 Å². The van der Waals surface area contributed by atoms with E-state index in [1.165, 1.54) is 11.8 Å². The molecule has 0 spiro atoms. The molecule has 0 aliphatic heterocycles. The highest BCUT2D eigenvalue weighted by atomic mass is 16.5. The highest BCUT2D eigenvalue weighted by molar-refractivity contribution is 5.96. The van der Waals surface area contributed by atoms with E-state index in [0.29, 0.717) is 35.8 Å². The van der Waals surface area contributed by atoms with E-state index in [-0.39, 0.29) is 17.9 Å². The van der Waals surface area contributed by atoms with Gasteiger partial charge < -0.3 is 15.0 Å². The zero-order valence-electron chi connectivity index (χ0n) is 16.1. The van der Waals surface area contributed by atoms with Gasteiger partial charge in [0.2, 0.25) is 0 Å². The summed E-state index contributed by atoms with van der Waals surface area (Å²) < 4.78 is 6.33. The van der Waals surface area contributed by atoms with Gasteiger partial charge in [0, 0.05) is 19.2 Å². The number of carbonyl (C=O) groups excluding carboxylic acids is 1. The van der Waals surface area contributed by atoms with Crippen LogP contribution < -0.4 is 20.5 Å². The second kappa shape index (κ2) is 9.43. The number of nitrogens with zero attached hydrogens (tertiary/aromatic N) is 3. The van der Waals surface area contributed by atoms with E-state index in [0.717, 1.165) is 0 Å². The van der Waals surface area contributed by atoms with Gasteiger partial charge in [0.05, 0.1) is 25.5 Å². The van der Waals surface area contributed by atoms with E-state index < -0.39 is 0 Å². The normalized spacial score (nSPS) is 9.93. The second-order valence-electron chi connectivity index (χ2n) is 5.72. The minimum atomic E-state index is -0.335. The van der Waals surface area contributed by atoms with E-state index >= 15 is 0 Å². The van der Waals surface area contributed by atoms with Gasteiger partial charge in [-0.3, -0.25) is 9.59 Å². The van der Waals surface area contributed by atoms with Crippen molar-refractivity contribution in [1.82, 2.24) is 9.78 Å². The van der Waals surface area contributed by atoms with Crippen molar-refractivity contribution in [2.75, 3.05) is 37.5 Å². The van der Waals surface area contributed by atoms with Crippen LogP contribution in [0.15, 0.2) is 35.3 Å². The lowest BCUT2D eigenvalue weighted by molar-refractivity contribution is 0.0965. The molecular formula is C20H24N4O3. The van der Waals surface area contributed by atoms with Gasteiger partial charge in [-0.15, -0.1) is 5.92 Å². The Kier molecular flexibility index (Phi) is 7.00. The molecule has 0 unspecified atom stereocenters. The molecule has 0 aliphatic rings. The van der Waals surface area contributed by atoms with Crippen molar-refractivity contribution in [1.29, 1.82) is 0 Å². The molecular weight excluding hydrogens is 344 g/mol. The van der Waals surface area contributed by atoms with Gasteiger partial charge in [0.25, 0.3) is 5.56 Å². The number of rotatable bonds is 8. The maximum absolute atomic E-state index is 13.0. The summed E-state index contributed by atoms with van der Waals surface area (Å²) in [4.78, 5) is 27.5. The standard InChI is InChI=1S/C20H24N4O3/c1-5-7-11-23(6-2)19-17(21-3)13-22-24(20(19)26)14-18(25)15-9-8-10-16(12-15)27-4/h8-10,12-13,21H,6,11,14H2,1-4H3. The van der Waals surface area contributed by atoms with Crippen molar-refractivity contribution < 1.29 is 9.53 Å². The van der Waals surface area contributed by atoms with Crippen molar-refractivity contribution in [2.45, 2.75) is 20.4 Å². The number of Topliss-reactive ketones (excluding diaryl/α,β-unsaturated/α-hetero) is 1. The lowest BCUT2D eigenvalue weighted by atomic mass is 10.1. The number of benzene rings is 1. The molecule has 27 heavy (non-hydrogen) atoms. The Morgan fingerprint density at radius 3 is 2.81 bits per heavy atom. The first-order valence-electron chi connectivity index (χ1n) is 8.65. The lowest BCUT2D eigenvalue weighted by Gasteiger charge is -2.23. The van der Waals surface area contributed by atoms with E-state index in [4.69, 9.17) is 4.74 Å². The number of hydrogen-bond acceptors (Lipinski definition) is 6. The molecule has 0 fully saturated rings. The van der Waals surface area contributed by atoms with Gasteiger partial charge in [-0.1, -0.05) is 18.1 Å². The van der Waals surface area contributed by atoms with Gasteiger partial charge in [-0.05, 0) is 26.0 Å². The molecule has 0 amide bonds. The Morgan fingerprint density at radius 1 is 1.41 bits per heavy atom. The van der Waals surface area contributed by atoms with Crippen LogP contribution in [0.1, 0.15) is 24.2 Å². The molecule has 1 heterocycles. The predicted octanol–water partition coefficient (Wildman–Crippen LogP) is 2.03. The molecule has 0 aliphatic carbocycles. The average Bonchev–Trinajstić information content (AvgIpc) is 2.70. The Morgan fingerprint density at radius 2 is 2.19 bits per heavy atom. The summed E-state index contributed by atoms with van der Waals surface area (Å²) in [6, 6.07) is 6.83. The van der Waals surface area contributed by atoms with Gasteiger partial charge in [-0.2, -0.15) is 5.10 Å². The molecule has 7 nitrogen and oxygen atoms in total. The summed E-state index contributed by atoms with van der Waals surface area (Å²) in [5.41, 5.74) is 1.19. The van der Waals surface area contributed by atoms with Crippen LogP contribution in [0.2, 0.25) is 0 Å². The molecule has 1 N–H and O–H groups in total. The Bertz CT molecular complexity index is 925. The van der Waals surface area contributed by atoms with Crippen LogP contribution in [0.5, 0.6) is 5.75 Å². The highest BCUT2D eigenvalue weighted by Crippen LogP contribution is 2.20. The van der Waals surface area contributed by atoms with Crippen LogP contribution in [0.25, 0.3) is 0 Å². The van der Waals surface area contributed by atoms with E-state index in [1.54, 1.807) is 44.4 Å². The molecule has 7 heteroatoms. The van der Waals surface area contributed by atoms with Crippen molar-refractivity contribution in [3.63, 3.8) is 0 Å². The van der Waals surface area contributed by atoms with Crippen LogP contribution in [0, 0.1) is 11.8 Å². The van der Waals surface area contributed by atoms with Gasteiger partial charge in [0.15, 0.2) is 5.78 Å². The minimum Gasteiger partial charge on any atom is -0.497 e. The van der Waals surface area contributed by atoms with Gasteiger partial charge in [0.1, 0.15) is 18.0 Å². The first-order valence-corrected chi connectivity index (χ1v) is 8.65. The summed E-state index contributed by atoms with van der Waals surface area (Å²) in [6.45, 7) is 4.57. The second-order valence-corrected chi connectivity index (χ2v) is 5.72. The lowest BCUT2D eigenvalue weighted by Crippen LogP contribution is -2.35. The quantitative estimate of drug-likeness (QED) is 0.568. The smallest absolute Gasteiger partial charge is 0.292 e. The van der Waals surface area contributed by atoms with E-state index in [9.17, 15) is 9.59 Å². The Labute approximate surface area is 159 Å². The SMILES string of the molecule is CC#CCN(CC)c1c(NC)cnn(CC(=O)c2cccc(OC)c2)c1=O. The minimum absolute atomic E-state index is 0.153. The molecule has 1 aromatic carbocycles. The molecule has 0 radical (unpaired) electrons. The average molecular weight is 368 g/mol. The molecule has 2 rings (SSSR count). The summed E-state index contributed by atoms with van der Waals surface area (Å²) in [6.07, 6.45) is 1.55. The maximum atomic E-state index is 13.0. The fourth-order valence-electron chi connectivity index (χ4n) is 2.63. The number of ether oxygens (including phenoxy) is 1. The third-order valence-corrected chi connectivity index (χ3v) is 4.12.